The van der Waals surface area contributed by atoms with Crippen LogP contribution in [0.1, 0.15) is 49.5 Å². The average molecular weight is 431 g/mol. The smallest absolute Gasteiger partial charge is 0.337 e. The molecule has 0 aromatic heterocycles. The molecule has 1 fully saturated rings. The highest BCUT2D eigenvalue weighted by molar-refractivity contribution is 7.92. The summed E-state index contributed by atoms with van der Waals surface area (Å²) in [7, 11) is -3.89. The van der Waals surface area contributed by atoms with Crippen LogP contribution in [0.15, 0.2) is 47.4 Å². The van der Waals surface area contributed by atoms with E-state index in [4.69, 9.17) is 0 Å². The second-order valence-electron chi connectivity index (χ2n) is 8.58. The summed E-state index contributed by atoms with van der Waals surface area (Å²) in [5.74, 6) is -0.138. The van der Waals surface area contributed by atoms with Gasteiger partial charge in [0.25, 0.3) is 10.0 Å². The zero-order valence-corrected chi connectivity index (χ0v) is 18.6. The Labute approximate surface area is 179 Å². The Hall–Kier alpha value is -2.54. The molecule has 0 amide bonds. The van der Waals surface area contributed by atoms with E-state index in [-0.39, 0.29) is 16.1 Å². The molecule has 0 aliphatic carbocycles. The first-order valence-electron chi connectivity index (χ1n) is 10.4. The Balaban J connectivity index is 1.85. The molecule has 1 atom stereocenters. The second-order valence-corrected chi connectivity index (χ2v) is 10.3. The molecular formula is C23H30N2O4S. The maximum atomic E-state index is 12.8. The van der Waals surface area contributed by atoms with E-state index < -0.39 is 16.0 Å². The van der Waals surface area contributed by atoms with E-state index in [1.54, 1.807) is 42.5 Å². The third kappa shape index (κ3) is 5.33. The van der Waals surface area contributed by atoms with Crippen molar-refractivity contribution in [2.75, 3.05) is 22.7 Å². The molecule has 1 heterocycles. The lowest BCUT2D eigenvalue weighted by atomic mass is 9.99. The van der Waals surface area contributed by atoms with Crippen molar-refractivity contribution in [1.29, 1.82) is 0 Å². The molecule has 1 saturated heterocycles. The van der Waals surface area contributed by atoms with Crippen LogP contribution in [0.4, 0.5) is 11.4 Å². The monoisotopic (exact) mass is 430 g/mol. The number of carboxylic acids is 1. The molecule has 3 rings (SSSR count). The fraction of sp³-hybridized carbons (Fsp3) is 0.435. The Morgan fingerprint density at radius 2 is 1.90 bits per heavy atom. The predicted octanol–water partition coefficient (Wildman–Crippen LogP) is 4.62. The van der Waals surface area contributed by atoms with Crippen LogP contribution in [-0.4, -0.2) is 32.6 Å². The highest BCUT2D eigenvalue weighted by atomic mass is 32.2. The van der Waals surface area contributed by atoms with Gasteiger partial charge in [-0.3, -0.25) is 4.72 Å². The maximum Gasteiger partial charge on any atom is 0.337 e. The summed E-state index contributed by atoms with van der Waals surface area (Å²) in [4.78, 5) is 14.1. The lowest BCUT2D eigenvalue weighted by Crippen LogP contribution is -2.34. The van der Waals surface area contributed by atoms with Gasteiger partial charge in [0.05, 0.1) is 16.1 Å². The molecule has 0 unspecified atom stereocenters. The summed E-state index contributed by atoms with van der Waals surface area (Å²) in [6, 6.07) is 11.6. The second kappa shape index (κ2) is 9.08. The SMILES string of the molecule is CC(C)Cc1ccc(S(=O)(=O)Nc2ccc(N3CCC[C@H](C)C3)cc2C(=O)O)cc1. The highest BCUT2D eigenvalue weighted by Gasteiger charge is 2.22. The molecule has 0 radical (unpaired) electrons. The van der Waals surface area contributed by atoms with E-state index in [2.05, 4.69) is 30.4 Å². The number of hydrogen-bond donors (Lipinski definition) is 2. The molecule has 1 aliphatic heterocycles. The molecule has 30 heavy (non-hydrogen) atoms. The van der Waals surface area contributed by atoms with Gasteiger partial charge in [0.15, 0.2) is 0 Å². The van der Waals surface area contributed by atoms with Gasteiger partial charge in [0.1, 0.15) is 0 Å². The van der Waals surface area contributed by atoms with Crippen molar-refractivity contribution in [1.82, 2.24) is 0 Å². The number of nitrogens with one attached hydrogen (secondary N) is 1. The summed E-state index contributed by atoms with van der Waals surface area (Å²) in [5.41, 5.74) is 1.89. The van der Waals surface area contributed by atoms with Crippen molar-refractivity contribution in [2.24, 2.45) is 11.8 Å². The Bertz CT molecular complexity index is 1000. The molecule has 0 saturated carbocycles. The van der Waals surface area contributed by atoms with Crippen molar-refractivity contribution < 1.29 is 18.3 Å². The topological polar surface area (TPSA) is 86.7 Å². The Morgan fingerprint density at radius 1 is 1.20 bits per heavy atom. The first-order valence-corrected chi connectivity index (χ1v) is 11.9. The molecule has 2 aromatic carbocycles. The van der Waals surface area contributed by atoms with Crippen molar-refractivity contribution in [2.45, 2.75) is 44.9 Å². The summed E-state index contributed by atoms with van der Waals surface area (Å²) in [6.45, 7) is 8.13. The minimum Gasteiger partial charge on any atom is -0.478 e. The molecule has 6 nitrogen and oxygen atoms in total. The number of rotatable bonds is 7. The number of carboxylic acid groups (broad SMARTS) is 1. The van der Waals surface area contributed by atoms with Crippen LogP contribution in [0.25, 0.3) is 0 Å². The van der Waals surface area contributed by atoms with E-state index >= 15 is 0 Å². The van der Waals surface area contributed by atoms with Gasteiger partial charge in [-0.1, -0.05) is 32.9 Å². The third-order valence-electron chi connectivity index (χ3n) is 5.38. The molecule has 2 aromatic rings. The number of nitrogens with zero attached hydrogens (tertiary/aromatic N) is 1. The van der Waals surface area contributed by atoms with Crippen molar-refractivity contribution in [3.63, 3.8) is 0 Å². The van der Waals surface area contributed by atoms with E-state index in [9.17, 15) is 18.3 Å². The van der Waals surface area contributed by atoms with E-state index in [1.807, 2.05) is 0 Å². The van der Waals surface area contributed by atoms with Crippen LogP contribution in [0.2, 0.25) is 0 Å². The summed E-state index contributed by atoms with van der Waals surface area (Å²) in [5, 5.41) is 9.67. The van der Waals surface area contributed by atoms with Gasteiger partial charge in [-0.05, 0) is 67.0 Å². The van der Waals surface area contributed by atoms with Gasteiger partial charge in [0.2, 0.25) is 0 Å². The zero-order valence-electron chi connectivity index (χ0n) is 17.8. The number of anilines is 2. The summed E-state index contributed by atoms with van der Waals surface area (Å²) < 4.78 is 28.1. The quantitative estimate of drug-likeness (QED) is 0.669. The lowest BCUT2D eigenvalue weighted by molar-refractivity contribution is 0.0698. The zero-order chi connectivity index (χ0) is 21.9. The number of aromatic carboxylic acids is 1. The van der Waals surface area contributed by atoms with Gasteiger partial charge < -0.3 is 10.0 Å². The van der Waals surface area contributed by atoms with Crippen LogP contribution < -0.4 is 9.62 Å². The largest absolute Gasteiger partial charge is 0.478 e. The third-order valence-corrected chi connectivity index (χ3v) is 6.76. The van der Waals surface area contributed by atoms with Crippen molar-refractivity contribution >= 4 is 27.4 Å². The highest BCUT2D eigenvalue weighted by Crippen LogP contribution is 2.29. The first-order chi connectivity index (χ1) is 14.2. The van der Waals surface area contributed by atoms with E-state index in [0.717, 1.165) is 43.6 Å². The molecular weight excluding hydrogens is 400 g/mol. The number of benzene rings is 2. The molecule has 1 aliphatic rings. The number of hydrogen-bond acceptors (Lipinski definition) is 4. The van der Waals surface area contributed by atoms with Gasteiger partial charge in [0, 0.05) is 18.8 Å². The van der Waals surface area contributed by atoms with Crippen LogP contribution in [0.3, 0.4) is 0 Å². The Kier molecular flexibility index (Phi) is 6.71. The number of carbonyl (C=O) groups is 1. The number of piperidine rings is 1. The van der Waals surface area contributed by atoms with E-state index in [1.165, 1.54) is 0 Å². The van der Waals surface area contributed by atoms with Crippen molar-refractivity contribution in [3.05, 3.63) is 53.6 Å². The van der Waals surface area contributed by atoms with Gasteiger partial charge in [-0.2, -0.15) is 0 Å². The summed E-state index contributed by atoms with van der Waals surface area (Å²) >= 11 is 0. The summed E-state index contributed by atoms with van der Waals surface area (Å²) in [6.07, 6.45) is 3.09. The fourth-order valence-corrected chi connectivity index (χ4v) is 4.98. The Morgan fingerprint density at radius 3 is 2.50 bits per heavy atom. The first kappa shape index (κ1) is 22.2. The molecule has 0 spiro atoms. The standard InChI is InChI=1S/C23H30N2O4S/c1-16(2)13-18-6-9-20(10-7-18)30(28,29)24-22-11-8-19(14-21(22)23(26)27)25-12-4-5-17(3)15-25/h6-11,14,16-17,24H,4-5,12-13,15H2,1-3H3,(H,26,27)/t17-/m0/s1. The molecule has 0 bridgehead atoms. The molecule has 2 N–H and O–H groups in total. The molecule has 7 heteroatoms. The van der Waals surface area contributed by atoms with E-state index in [0.29, 0.717) is 11.8 Å². The van der Waals surface area contributed by atoms with Crippen LogP contribution in [-0.2, 0) is 16.4 Å². The van der Waals surface area contributed by atoms with Gasteiger partial charge in [-0.15, -0.1) is 0 Å². The minimum atomic E-state index is -3.89. The normalized spacial score (nSPS) is 17.2. The van der Waals surface area contributed by atoms with Crippen molar-refractivity contribution in [3.8, 4) is 0 Å². The van der Waals surface area contributed by atoms with Crippen LogP contribution >= 0.6 is 0 Å². The van der Waals surface area contributed by atoms with Gasteiger partial charge in [-0.25, -0.2) is 13.2 Å². The lowest BCUT2D eigenvalue weighted by Gasteiger charge is -2.33. The van der Waals surface area contributed by atoms with Gasteiger partial charge >= 0.3 is 5.97 Å². The molecule has 162 valence electrons. The minimum absolute atomic E-state index is 0.0503. The predicted molar refractivity (Wildman–Crippen MR) is 120 cm³/mol. The average Bonchev–Trinajstić information content (AvgIpc) is 2.68. The van der Waals surface area contributed by atoms with Crippen LogP contribution in [0.5, 0.6) is 0 Å². The van der Waals surface area contributed by atoms with Crippen LogP contribution in [0, 0.1) is 11.8 Å². The number of sulfonamides is 1. The maximum absolute atomic E-state index is 12.8. The fourth-order valence-electron chi connectivity index (χ4n) is 3.90.